The number of hydrogen-bond acceptors (Lipinski definition) is 3. The van der Waals surface area contributed by atoms with Crippen LogP contribution in [0.2, 0.25) is 0 Å². The fourth-order valence-electron chi connectivity index (χ4n) is 1.53. The van der Waals surface area contributed by atoms with Gasteiger partial charge in [-0.25, -0.2) is 4.39 Å². The molecule has 0 saturated carbocycles. The largest absolute Gasteiger partial charge is 0.481 e. The number of aliphatic hydroxyl groups is 1. The highest BCUT2D eigenvalue weighted by atomic mass is 19.1. The first-order valence-electron chi connectivity index (χ1n) is 5.74. The smallest absolute Gasteiger partial charge is 0.306 e. The number of carbonyl (C=O) groups is 2. The molecule has 0 aliphatic rings. The van der Waals surface area contributed by atoms with Crippen molar-refractivity contribution in [3.05, 3.63) is 35.6 Å². The quantitative estimate of drug-likeness (QED) is 0.710. The van der Waals surface area contributed by atoms with Gasteiger partial charge in [0, 0.05) is 6.54 Å². The predicted octanol–water partition coefficient (Wildman–Crippen LogP) is 0.710. The molecule has 3 N–H and O–H groups in total. The number of nitrogens with one attached hydrogen (secondary N) is 1. The minimum Gasteiger partial charge on any atom is -0.481 e. The van der Waals surface area contributed by atoms with Crippen LogP contribution >= 0.6 is 0 Å². The van der Waals surface area contributed by atoms with Crippen molar-refractivity contribution in [2.75, 3.05) is 6.54 Å². The minimum atomic E-state index is -1.50. The second-order valence-corrected chi connectivity index (χ2v) is 4.65. The molecule has 1 unspecified atom stereocenters. The van der Waals surface area contributed by atoms with E-state index in [-0.39, 0.29) is 24.7 Å². The van der Waals surface area contributed by atoms with E-state index in [1.54, 1.807) is 0 Å². The van der Waals surface area contributed by atoms with E-state index in [4.69, 9.17) is 5.11 Å². The van der Waals surface area contributed by atoms with E-state index in [2.05, 4.69) is 5.32 Å². The maximum absolute atomic E-state index is 12.7. The van der Waals surface area contributed by atoms with Crippen LogP contribution in [0.4, 0.5) is 4.39 Å². The number of carboxylic acid groups (broad SMARTS) is 1. The lowest BCUT2D eigenvalue weighted by Gasteiger charge is -2.21. The summed E-state index contributed by atoms with van der Waals surface area (Å²) < 4.78 is 12.7. The van der Waals surface area contributed by atoms with Gasteiger partial charge in [-0.15, -0.1) is 0 Å². The van der Waals surface area contributed by atoms with E-state index in [1.165, 1.54) is 31.2 Å². The van der Waals surface area contributed by atoms with E-state index in [0.29, 0.717) is 5.56 Å². The van der Waals surface area contributed by atoms with Gasteiger partial charge >= 0.3 is 5.97 Å². The van der Waals surface area contributed by atoms with E-state index in [1.807, 2.05) is 0 Å². The van der Waals surface area contributed by atoms with Crippen molar-refractivity contribution in [3.63, 3.8) is 0 Å². The molecule has 0 fully saturated rings. The van der Waals surface area contributed by atoms with Crippen LogP contribution in [-0.2, 0) is 16.0 Å². The Labute approximate surface area is 110 Å². The molecule has 0 bridgehead atoms. The molecule has 5 nitrogen and oxygen atoms in total. The molecule has 0 aliphatic carbocycles. The van der Waals surface area contributed by atoms with E-state index in [0.717, 1.165) is 0 Å². The summed E-state index contributed by atoms with van der Waals surface area (Å²) in [4.78, 5) is 22.0. The molecule has 0 saturated heterocycles. The monoisotopic (exact) mass is 269 g/mol. The van der Waals surface area contributed by atoms with Crippen LogP contribution in [0, 0.1) is 5.82 Å². The average Bonchev–Trinajstić information content (AvgIpc) is 2.28. The molecular formula is C13H16FNO4. The van der Waals surface area contributed by atoms with Gasteiger partial charge in [-0.2, -0.15) is 0 Å². The van der Waals surface area contributed by atoms with Crippen LogP contribution in [0.5, 0.6) is 0 Å². The van der Waals surface area contributed by atoms with Gasteiger partial charge in [0.05, 0.1) is 18.4 Å². The Balaban J connectivity index is 2.43. The normalized spacial score (nSPS) is 13.6. The summed E-state index contributed by atoms with van der Waals surface area (Å²) >= 11 is 0. The Morgan fingerprint density at radius 2 is 1.89 bits per heavy atom. The maximum atomic E-state index is 12.7. The standard InChI is InChI=1S/C13H16FNO4/c1-13(19,7-12(17)18)8-15-11(16)6-9-2-4-10(14)5-3-9/h2-5,19H,6-8H2,1H3,(H,15,16)(H,17,18). The number of halogens is 1. The maximum Gasteiger partial charge on any atom is 0.306 e. The van der Waals surface area contributed by atoms with Crippen LogP contribution in [0.25, 0.3) is 0 Å². The molecule has 0 radical (unpaired) electrons. The van der Waals surface area contributed by atoms with Crippen LogP contribution in [-0.4, -0.2) is 34.2 Å². The fourth-order valence-corrected chi connectivity index (χ4v) is 1.53. The van der Waals surface area contributed by atoms with Crippen molar-refractivity contribution in [1.82, 2.24) is 5.32 Å². The summed E-state index contributed by atoms with van der Waals surface area (Å²) in [5, 5.41) is 20.7. The number of hydrogen-bond donors (Lipinski definition) is 3. The summed E-state index contributed by atoms with van der Waals surface area (Å²) in [7, 11) is 0. The third kappa shape index (κ3) is 5.96. The summed E-state index contributed by atoms with van der Waals surface area (Å²) in [6.07, 6.45) is -0.409. The third-order valence-corrected chi connectivity index (χ3v) is 2.48. The van der Waals surface area contributed by atoms with Crippen molar-refractivity contribution in [1.29, 1.82) is 0 Å². The van der Waals surface area contributed by atoms with Gasteiger partial charge in [-0.3, -0.25) is 9.59 Å². The summed E-state index contributed by atoms with van der Waals surface area (Å²) in [5.41, 5.74) is -0.860. The molecule has 104 valence electrons. The number of rotatable bonds is 6. The number of benzene rings is 1. The molecule has 1 atom stereocenters. The summed E-state index contributed by atoms with van der Waals surface area (Å²) in [6, 6.07) is 5.49. The van der Waals surface area contributed by atoms with Gasteiger partial charge in [0.2, 0.25) is 5.91 Å². The summed E-state index contributed by atoms with van der Waals surface area (Å²) in [5.74, 6) is -1.89. The molecule has 0 aliphatic heterocycles. The highest BCUT2D eigenvalue weighted by molar-refractivity contribution is 5.78. The Morgan fingerprint density at radius 3 is 2.42 bits per heavy atom. The molecule has 6 heteroatoms. The van der Waals surface area contributed by atoms with Crippen molar-refractivity contribution in [2.45, 2.75) is 25.4 Å². The Kier molecular flexibility index (Phi) is 5.00. The highest BCUT2D eigenvalue weighted by Gasteiger charge is 2.24. The molecule has 0 spiro atoms. The molecular weight excluding hydrogens is 253 g/mol. The fraction of sp³-hybridized carbons (Fsp3) is 0.385. The molecule has 19 heavy (non-hydrogen) atoms. The van der Waals surface area contributed by atoms with Gasteiger partial charge in [0.25, 0.3) is 0 Å². The first-order valence-corrected chi connectivity index (χ1v) is 5.74. The molecule has 1 rings (SSSR count). The topological polar surface area (TPSA) is 86.6 Å². The predicted molar refractivity (Wildman–Crippen MR) is 66.0 cm³/mol. The van der Waals surface area contributed by atoms with E-state index >= 15 is 0 Å². The SMILES string of the molecule is CC(O)(CNC(=O)Cc1ccc(F)cc1)CC(=O)O. The zero-order valence-corrected chi connectivity index (χ0v) is 10.5. The molecule has 0 aromatic heterocycles. The number of carboxylic acids is 1. The first-order chi connectivity index (χ1) is 8.78. The lowest BCUT2D eigenvalue weighted by Crippen LogP contribution is -2.42. The number of aliphatic carboxylic acids is 1. The number of carbonyl (C=O) groups excluding carboxylic acids is 1. The van der Waals surface area contributed by atoms with Crippen LogP contribution < -0.4 is 5.32 Å². The second-order valence-electron chi connectivity index (χ2n) is 4.65. The van der Waals surface area contributed by atoms with Crippen molar-refractivity contribution >= 4 is 11.9 Å². The van der Waals surface area contributed by atoms with E-state index < -0.39 is 18.0 Å². The molecule has 1 amide bonds. The second kappa shape index (κ2) is 6.29. The van der Waals surface area contributed by atoms with Crippen molar-refractivity contribution in [3.8, 4) is 0 Å². The zero-order valence-electron chi connectivity index (χ0n) is 10.5. The highest BCUT2D eigenvalue weighted by Crippen LogP contribution is 2.08. The molecule has 0 heterocycles. The average molecular weight is 269 g/mol. The molecule has 1 aromatic carbocycles. The van der Waals surface area contributed by atoms with Gasteiger partial charge in [-0.1, -0.05) is 12.1 Å². The number of amides is 1. The Hall–Kier alpha value is -1.95. The zero-order chi connectivity index (χ0) is 14.5. The van der Waals surface area contributed by atoms with Gasteiger partial charge < -0.3 is 15.5 Å². The minimum absolute atomic E-state index is 0.0451. The molecule has 1 aromatic rings. The van der Waals surface area contributed by atoms with Gasteiger partial charge in [0.15, 0.2) is 0 Å². The van der Waals surface area contributed by atoms with Crippen molar-refractivity contribution in [2.24, 2.45) is 0 Å². The lowest BCUT2D eigenvalue weighted by atomic mass is 10.0. The third-order valence-electron chi connectivity index (χ3n) is 2.48. The van der Waals surface area contributed by atoms with E-state index in [9.17, 15) is 19.1 Å². The van der Waals surface area contributed by atoms with Gasteiger partial charge in [-0.05, 0) is 24.6 Å². The lowest BCUT2D eigenvalue weighted by molar-refractivity contribution is -0.142. The van der Waals surface area contributed by atoms with Crippen molar-refractivity contribution < 1.29 is 24.2 Å². The Morgan fingerprint density at radius 1 is 1.32 bits per heavy atom. The van der Waals surface area contributed by atoms with Crippen LogP contribution in [0.1, 0.15) is 18.9 Å². The Bertz CT molecular complexity index is 456. The van der Waals surface area contributed by atoms with Crippen LogP contribution in [0.3, 0.4) is 0 Å². The van der Waals surface area contributed by atoms with Gasteiger partial charge in [0.1, 0.15) is 5.82 Å². The van der Waals surface area contributed by atoms with Crippen LogP contribution in [0.15, 0.2) is 24.3 Å². The summed E-state index contributed by atoms with van der Waals surface area (Å²) in [6.45, 7) is 1.18. The first kappa shape index (κ1) is 15.1.